The van der Waals surface area contributed by atoms with Crippen molar-refractivity contribution in [3.63, 3.8) is 0 Å². The molecule has 0 aliphatic carbocycles. The van der Waals surface area contributed by atoms with E-state index in [0.29, 0.717) is 12.6 Å². The van der Waals surface area contributed by atoms with Crippen LogP contribution in [0.1, 0.15) is 24.1 Å². The van der Waals surface area contributed by atoms with Gasteiger partial charge in [-0.2, -0.15) is 5.10 Å². The highest BCUT2D eigenvalue weighted by molar-refractivity contribution is 5.85. The van der Waals surface area contributed by atoms with Crippen LogP contribution in [0, 0.1) is 0 Å². The first-order valence-electron chi connectivity index (χ1n) is 8.03. The van der Waals surface area contributed by atoms with E-state index in [-0.39, 0.29) is 0 Å². The van der Waals surface area contributed by atoms with Crippen LogP contribution in [-0.4, -0.2) is 44.4 Å². The molecule has 1 saturated heterocycles. The fourth-order valence-corrected chi connectivity index (χ4v) is 3.48. The third-order valence-electron chi connectivity index (χ3n) is 4.67. The van der Waals surface area contributed by atoms with E-state index in [1.54, 1.807) is 12.7 Å². The standard InChI is InChI=1S/C18H20N4O/c23-18(17-7-3-5-14-4-1-2-6-16(14)17)11-21-9-8-15(10-21)22-13-19-12-20-22/h1-7,12-13,15,18,23H,8-11H2/t15?,18-/m0/s1. The summed E-state index contributed by atoms with van der Waals surface area (Å²) in [7, 11) is 0. The molecule has 0 amide bonds. The van der Waals surface area contributed by atoms with Crippen molar-refractivity contribution in [2.45, 2.75) is 18.6 Å². The Bertz CT molecular complexity index is 781. The lowest BCUT2D eigenvalue weighted by Crippen LogP contribution is -2.27. The number of hydrogen-bond acceptors (Lipinski definition) is 4. The number of likely N-dealkylation sites (tertiary alicyclic amines) is 1. The number of fused-ring (bicyclic) bond motifs is 1. The highest BCUT2D eigenvalue weighted by atomic mass is 16.3. The third kappa shape index (κ3) is 2.85. The molecule has 0 radical (unpaired) electrons. The quantitative estimate of drug-likeness (QED) is 0.804. The first-order chi connectivity index (χ1) is 11.3. The second-order valence-electron chi connectivity index (χ2n) is 6.16. The van der Waals surface area contributed by atoms with E-state index in [2.05, 4.69) is 33.2 Å². The molecular formula is C18H20N4O. The van der Waals surface area contributed by atoms with Crippen molar-refractivity contribution in [2.24, 2.45) is 0 Å². The molecule has 5 nitrogen and oxygen atoms in total. The van der Waals surface area contributed by atoms with Crippen LogP contribution < -0.4 is 0 Å². The van der Waals surface area contributed by atoms with Crippen molar-refractivity contribution in [3.8, 4) is 0 Å². The molecule has 1 unspecified atom stereocenters. The minimum atomic E-state index is -0.476. The smallest absolute Gasteiger partial charge is 0.137 e. The molecule has 3 aromatic rings. The van der Waals surface area contributed by atoms with Crippen molar-refractivity contribution in [1.82, 2.24) is 19.7 Å². The third-order valence-corrected chi connectivity index (χ3v) is 4.67. The molecule has 1 aromatic heterocycles. The summed E-state index contributed by atoms with van der Waals surface area (Å²) in [5.41, 5.74) is 1.01. The van der Waals surface area contributed by atoms with Gasteiger partial charge in [0.15, 0.2) is 0 Å². The van der Waals surface area contributed by atoms with Gasteiger partial charge >= 0.3 is 0 Å². The SMILES string of the molecule is O[C@@H](CN1CCC(n2cncn2)C1)c1cccc2ccccc12. The summed E-state index contributed by atoms with van der Waals surface area (Å²) in [6.07, 6.45) is 3.92. The lowest BCUT2D eigenvalue weighted by molar-refractivity contribution is 0.125. The van der Waals surface area contributed by atoms with Crippen LogP contribution in [0.4, 0.5) is 0 Å². The lowest BCUT2D eigenvalue weighted by atomic mass is 10.0. The van der Waals surface area contributed by atoms with Gasteiger partial charge in [-0.25, -0.2) is 9.67 Å². The molecule has 0 saturated carbocycles. The molecule has 1 N–H and O–H groups in total. The second kappa shape index (κ2) is 6.10. The van der Waals surface area contributed by atoms with Crippen LogP contribution in [0.5, 0.6) is 0 Å². The molecule has 1 aliphatic rings. The zero-order valence-electron chi connectivity index (χ0n) is 12.9. The zero-order valence-corrected chi connectivity index (χ0v) is 12.9. The van der Waals surface area contributed by atoms with Crippen molar-refractivity contribution < 1.29 is 5.11 Å². The van der Waals surface area contributed by atoms with Crippen molar-refractivity contribution in [2.75, 3.05) is 19.6 Å². The number of β-amino-alcohol motifs (C(OH)–C–C–N with tert-alkyl or cyclic N) is 1. The average Bonchev–Trinajstić information content (AvgIpc) is 3.25. The summed E-state index contributed by atoms with van der Waals surface area (Å²) in [6, 6.07) is 14.7. The van der Waals surface area contributed by atoms with E-state index in [1.165, 1.54) is 5.39 Å². The molecule has 23 heavy (non-hydrogen) atoms. The first kappa shape index (κ1) is 14.4. The van der Waals surface area contributed by atoms with Gasteiger partial charge in [0.1, 0.15) is 12.7 Å². The van der Waals surface area contributed by atoms with Gasteiger partial charge in [-0.3, -0.25) is 4.90 Å². The Balaban J connectivity index is 1.49. The van der Waals surface area contributed by atoms with E-state index in [1.807, 2.05) is 28.9 Å². The van der Waals surface area contributed by atoms with Gasteiger partial charge in [0.05, 0.1) is 12.1 Å². The van der Waals surface area contributed by atoms with Crippen LogP contribution in [-0.2, 0) is 0 Å². The Morgan fingerprint density at radius 1 is 1.17 bits per heavy atom. The fourth-order valence-electron chi connectivity index (χ4n) is 3.48. The van der Waals surface area contributed by atoms with Crippen molar-refractivity contribution >= 4 is 10.8 Å². The molecule has 1 aliphatic heterocycles. The van der Waals surface area contributed by atoms with Gasteiger partial charge in [0.2, 0.25) is 0 Å². The highest BCUT2D eigenvalue weighted by Gasteiger charge is 2.26. The number of benzene rings is 2. The molecule has 0 bridgehead atoms. The molecule has 5 heteroatoms. The summed E-state index contributed by atoms with van der Waals surface area (Å²) in [5.74, 6) is 0. The van der Waals surface area contributed by atoms with Gasteiger partial charge in [0.25, 0.3) is 0 Å². The minimum Gasteiger partial charge on any atom is -0.387 e. The highest BCUT2D eigenvalue weighted by Crippen LogP contribution is 2.27. The zero-order chi connectivity index (χ0) is 15.6. The summed E-state index contributed by atoms with van der Waals surface area (Å²) < 4.78 is 1.92. The molecule has 1 fully saturated rings. The number of hydrogen-bond donors (Lipinski definition) is 1. The molecule has 2 aromatic carbocycles. The minimum absolute atomic E-state index is 0.359. The fraction of sp³-hybridized carbons (Fsp3) is 0.333. The molecule has 2 heterocycles. The Morgan fingerprint density at radius 3 is 2.91 bits per heavy atom. The van der Waals surface area contributed by atoms with Gasteiger partial charge in [-0.1, -0.05) is 42.5 Å². The normalized spacial score (nSPS) is 20.1. The predicted octanol–water partition coefficient (Wildman–Crippen LogP) is 2.41. The Labute approximate surface area is 135 Å². The topological polar surface area (TPSA) is 54.2 Å². The second-order valence-corrected chi connectivity index (χ2v) is 6.16. The maximum atomic E-state index is 10.7. The Hall–Kier alpha value is -2.24. The Morgan fingerprint density at radius 2 is 2.04 bits per heavy atom. The Kier molecular flexibility index (Phi) is 3.81. The number of aromatic nitrogens is 3. The monoisotopic (exact) mass is 308 g/mol. The number of aliphatic hydroxyl groups is 1. The first-order valence-corrected chi connectivity index (χ1v) is 8.03. The van der Waals surface area contributed by atoms with Crippen LogP contribution in [0.3, 0.4) is 0 Å². The van der Waals surface area contributed by atoms with Gasteiger partial charge < -0.3 is 5.11 Å². The van der Waals surface area contributed by atoms with Crippen molar-refractivity contribution in [1.29, 1.82) is 0 Å². The maximum Gasteiger partial charge on any atom is 0.137 e. The van der Waals surface area contributed by atoms with E-state index in [9.17, 15) is 5.11 Å². The molecule has 0 spiro atoms. The lowest BCUT2D eigenvalue weighted by Gasteiger charge is -2.21. The van der Waals surface area contributed by atoms with Crippen LogP contribution in [0.15, 0.2) is 55.1 Å². The average molecular weight is 308 g/mol. The molecule has 118 valence electrons. The van der Waals surface area contributed by atoms with Gasteiger partial charge in [0, 0.05) is 19.6 Å². The van der Waals surface area contributed by atoms with E-state index in [4.69, 9.17) is 0 Å². The summed E-state index contributed by atoms with van der Waals surface area (Å²) >= 11 is 0. The largest absolute Gasteiger partial charge is 0.387 e. The van der Waals surface area contributed by atoms with E-state index in [0.717, 1.165) is 30.5 Å². The van der Waals surface area contributed by atoms with Crippen LogP contribution in [0.25, 0.3) is 10.8 Å². The van der Waals surface area contributed by atoms with Gasteiger partial charge in [-0.15, -0.1) is 0 Å². The van der Waals surface area contributed by atoms with E-state index >= 15 is 0 Å². The number of aliphatic hydroxyl groups excluding tert-OH is 1. The van der Waals surface area contributed by atoms with E-state index < -0.39 is 6.10 Å². The molecular weight excluding hydrogens is 288 g/mol. The summed E-state index contributed by atoms with van der Waals surface area (Å²) in [5, 5.41) is 17.3. The number of rotatable bonds is 4. The molecule has 2 atom stereocenters. The maximum absolute atomic E-state index is 10.7. The van der Waals surface area contributed by atoms with Crippen LogP contribution in [0.2, 0.25) is 0 Å². The summed E-state index contributed by atoms with van der Waals surface area (Å²) in [4.78, 5) is 6.32. The van der Waals surface area contributed by atoms with Gasteiger partial charge in [-0.05, 0) is 22.8 Å². The van der Waals surface area contributed by atoms with Crippen LogP contribution >= 0.6 is 0 Å². The summed E-state index contributed by atoms with van der Waals surface area (Å²) in [6.45, 7) is 2.54. The number of nitrogens with zero attached hydrogens (tertiary/aromatic N) is 4. The molecule has 4 rings (SSSR count). The van der Waals surface area contributed by atoms with Crippen molar-refractivity contribution in [3.05, 3.63) is 60.7 Å². The predicted molar refractivity (Wildman–Crippen MR) is 89.0 cm³/mol.